The predicted molar refractivity (Wildman–Crippen MR) is 99.3 cm³/mol. The van der Waals surface area contributed by atoms with Crippen LogP contribution in [0.3, 0.4) is 0 Å². The van der Waals surface area contributed by atoms with Crippen LogP contribution in [0.1, 0.15) is 48.9 Å². The zero-order valence-electron chi connectivity index (χ0n) is 15.1. The lowest BCUT2D eigenvalue weighted by molar-refractivity contribution is -0.136. The molecule has 1 aliphatic carbocycles. The molecule has 4 heteroatoms. The van der Waals surface area contributed by atoms with Crippen LogP contribution >= 0.6 is 0 Å². The molecule has 0 spiro atoms. The van der Waals surface area contributed by atoms with Gasteiger partial charge in [0.25, 0.3) is 0 Å². The molecule has 0 bridgehead atoms. The summed E-state index contributed by atoms with van der Waals surface area (Å²) in [4.78, 5) is 15.0. The van der Waals surface area contributed by atoms with Crippen LogP contribution in [-0.4, -0.2) is 34.1 Å². The van der Waals surface area contributed by atoms with Gasteiger partial charge in [0.2, 0.25) is 5.91 Å². The summed E-state index contributed by atoms with van der Waals surface area (Å²) >= 11 is 0. The Balaban J connectivity index is 1.53. The molecule has 1 aromatic heterocycles. The molecule has 4 nitrogen and oxygen atoms in total. The SMILES string of the molecule is Cc1ccccc1-c1n[nH]c2c1CCN(C(=O)C1CCCCC1)CC2. The van der Waals surface area contributed by atoms with Gasteiger partial charge in [-0.25, -0.2) is 0 Å². The Morgan fingerprint density at radius 2 is 1.88 bits per heavy atom. The highest BCUT2D eigenvalue weighted by Crippen LogP contribution is 2.30. The lowest BCUT2D eigenvalue weighted by Crippen LogP contribution is -2.38. The largest absolute Gasteiger partial charge is 0.342 e. The quantitative estimate of drug-likeness (QED) is 0.904. The van der Waals surface area contributed by atoms with E-state index in [1.54, 1.807) is 0 Å². The Kier molecular flexibility index (Phi) is 4.60. The number of aromatic nitrogens is 2. The van der Waals surface area contributed by atoms with Crippen molar-refractivity contribution in [3.8, 4) is 11.3 Å². The molecule has 1 N–H and O–H groups in total. The minimum atomic E-state index is 0.263. The monoisotopic (exact) mass is 337 g/mol. The molecule has 0 unspecified atom stereocenters. The Hall–Kier alpha value is -2.10. The van der Waals surface area contributed by atoms with E-state index < -0.39 is 0 Å². The molecule has 1 fully saturated rings. The van der Waals surface area contributed by atoms with Crippen LogP contribution in [0, 0.1) is 12.8 Å². The van der Waals surface area contributed by atoms with E-state index in [9.17, 15) is 4.79 Å². The van der Waals surface area contributed by atoms with Gasteiger partial charge in [-0.15, -0.1) is 0 Å². The van der Waals surface area contributed by atoms with Crippen molar-refractivity contribution >= 4 is 5.91 Å². The number of hydrogen-bond donors (Lipinski definition) is 1. The van der Waals surface area contributed by atoms with Crippen molar-refractivity contribution in [3.05, 3.63) is 41.1 Å². The van der Waals surface area contributed by atoms with Gasteiger partial charge < -0.3 is 4.90 Å². The Morgan fingerprint density at radius 1 is 1.12 bits per heavy atom. The number of nitrogens with zero attached hydrogens (tertiary/aromatic N) is 2. The summed E-state index contributed by atoms with van der Waals surface area (Å²) in [6.07, 6.45) is 7.66. The van der Waals surface area contributed by atoms with Gasteiger partial charge in [-0.2, -0.15) is 5.10 Å². The standard InChI is InChI=1S/C21H27N3O/c1-15-7-5-6-10-17(15)20-18-11-13-24(14-12-19(18)22-23-20)21(25)16-8-3-2-4-9-16/h5-7,10,16H,2-4,8-9,11-14H2,1H3,(H,22,23). The summed E-state index contributed by atoms with van der Waals surface area (Å²) in [6.45, 7) is 3.77. The van der Waals surface area contributed by atoms with Crippen molar-refractivity contribution in [1.82, 2.24) is 15.1 Å². The van der Waals surface area contributed by atoms with Gasteiger partial charge in [0.15, 0.2) is 0 Å². The van der Waals surface area contributed by atoms with E-state index in [4.69, 9.17) is 0 Å². The van der Waals surface area contributed by atoms with Crippen molar-refractivity contribution in [3.63, 3.8) is 0 Å². The van der Waals surface area contributed by atoms with Crippen molar-refractivity contribution in [2.24, 2.45) is 5.92 Å². The summed E-state index contributed by atoms with van der Waals surface area (Å²) in [5.41, 5.74) is 6.02. The smallest absolute Gasteiger partial charge is 0.225 e. The van der Waals surface area contributed by atoms with Gasteiger partial charge >= 0.3 is 0 Å². The number of aromatic amines is 1. The van der Waals surface area contributed by atoms with Crippen molar-refractivity contribution < 1.29 is 4.79 Å². The van der Waals surface area contributed by atoms with E-state index in [-0.39, 0.29) is 5.92 Å². The number of nitrogens with one attached hydrogen (secondary N) is 1. The second-order valence-electron chi connectivity index (χ2n) is 7.50. The van der Waals surface area contributed by atoms with Crippen molar-refractivity contribution in [2.45, 2.75) is 51.9 Å². The van der Waals surface area contributed by atoms with E-state index in [1.165, 1.54) is 41.6 Å². The first-order valence-electron chi connectivity index (χ1n) is 9.65. The molecular formula is C21H27N3O. The third-order valence-corrected chi connectivity index (χ3v) is 5.88. The molecule has 132 valence electrons. The Labute approximate surface area is 149 Å². The van der Waals surface area contributed by atoms with Crippen LogP contribution in [0.15, 0.2) is 24.3 Å². The van der Waals surface area contributed by atoms with Crippen LogP contribution in [0.25, 0.3) is 11.3 Å². The summed E-state index contributed by atoms with van der Waals surface area (Å²) in [6, 6.07) is 8.40. The maximum absolute atomic E-state index is 12.9. The molecule has 1 saturated carbocycles. The van der Waals surface area contributed by atoms with Crippen LogP contribution in [0.5, 0.6) is 0 Å². The fourth-order valence-electron chi connectivity index (χ4n) is 4.37. The van der Waals surface area contributed by atoms with E-state index in [0.29, 0.717) is 5.91 Å². The van der Waals surface area contributed by atoms with Crippen LogP contribution < -0.4 is 0 Å². The second-order valence-corrected chi connectivity index (χ2v) is 7.50. The zero-order valence-corrected chi connectivity index (χ0v) is 15.1. The third-order valence-electron chi connectivity index (χ3n) is 5.88. The number of hydrogen-bond acceptors (Lipinski definition) is 2. The Bertz CT molecular complexity index is 758. The van der Waals surface area contributed by atoms with Crippen LogP contribution in [-0.2, 0) is 17.6 Å². The predicted octanol–water partition coefficient (Wildman–Crippen LogP) is 3.89. The van der Waals surface area contributed by atoms with Gasteiger partial charge in [-0.3, -0.25) is 9.89 Å². The number of carbonyl (C=O) groups excluding carboxylic acids is 1. The fraction of sp³-hybridized carbons (Fsp3) is 0.524. The molecule has 2 aliphatic rings. The third kappa shape index (κ3) is 3.22. The molecule has 0 saturated heterocycles. The number of carbonyl (C=O) groups is 1. The van der Waals surface area contributed by atoms with Gasteiger partial charge in [0.1, 0.15) is 0 Å². The minimum absolute atomic E-state index is 0.263. The van der Waals surface area contributed by atoms with E-state index >= 15 is 0 Å². The summed E-state index contributed by atoms with van der Waals surface area (Å²) in [5, 5.41) is 7.84. The van der Waals surface area contributed by atoms with Crippen LogP contribution in [0.2, 0.25) is 0 Å². The average Bonchev–Trinajstić information content (AvgIpc) is 2.93. The fourth-order valence-corrected chi connectivity index (χ4v) is 4.37. The highest BCUT2D eigenvalue weighted by molar-refractivity contribution is 5.79. The lowest BCUT2D eigenvalue weighted by atomic mass is 9.88. The highest BCUT2D eigenvalue weighted by atomic mass is 16.2. The summed E-state index contributed by atoms with van der Waals surface area (Å²) in [7, 11) is 0. The number of fused-ring (bicyclic) bond motifs is 1. The maximum atomic E-state index is 12.9. The molecule has 25 heavy (non-hydrogen) atoms. The first-order chi connectivity index (χ1) is 12.2. The Morgan fingerprint density at radius 3 is 2.68 bits per heavy atom. The van der Waals surface area contributed by atoms with Gasteiger partial charge in [0.05, 0.1) is 5.69 Å². The molecule has 2 heterocycles. The number of rotatable bonds is 2. The number of H-pyrrole nitrogens is 1. The molecular weight excluding hydrogens is 310 g/mol. The average molecular weight is 337 g/mol. The number of benzene rings is 1. The molecule has 0 atom stereocenters. The molecule has 4 rings (SSSR count). The van der Waals surface area contributed by atoms with Gasteiger partial charge in [-0.05, 0) is 31.7 Å². The van der Waals surface area contributed by atoms with E-state index in [2.05, 4.69) is 46.3 Å². The topological polar surface area (TPSA) is 49.0 Å². The highest BCUT2D eigenvalue weighted by Gasteiger charge is 2.28. The van der Waals surface area contributed by atoms with Gasteiger partial charge in [0, 0.05) is 42.2 Å². The van der Waals surface area contributed by atoms with Crippen LogP contribution in [0.4, 0.5) is 0 Å². The molecule has 2 aromatic rings. The maximum Gasteiger partial charge on any atom is 0.225 e. The molecule has 1 aliphatic heterocycles. The second kappa shape index (κ2) is 7.03. The molecule has 1 amide bonds. The molecule has 1 aromatic carbocycles. The lowest BCUT2D eigenvalue weighted by Gasteiger charge is -2.28. The summed E-state index contributed by atoms with van der Waals surface area (Å²) < 4.78 is 0. The first kappa shape index (κ1) is 16.4. The summed E-state index contributed by atoms with van der Waals surface area (Å²) in [5.74, 6) is 0.648. The number of aryl methyl sites for hydroxylation is 1. The minimum Gasteiger partial charge on any atom is -0.342 e. The molecule has 0 radical (unpaired) electrons. The van der Waals surface area contributed by atoms with E-state index in [1.807, 2.05) is 0 Å². The van der Waals surface area contributed by atoms with Gasteiger partial charge in [-0.1, -0.05) is 43.5 Å². The normalized spacial score (nSPS) is 18.7. The number of amides is 1. The zero-order chi connectivity index (χ0) is 17.2. The van der Waals surface area contributed by atoms with Crippen molar-refractivity contribution in [2.75, 3.05) is 13.1 Å². The first-order valence-corrected chi connectivity index (χ1v) is 9.65. The van der Waals surface area contributed by atoms with E-state index in [0.717, 1.165) is 44.5 Å². The van der Waals surface area contributed by atoms with Crippen molar-refractivity contribution in [1.29, 1.82) is 0 Å².